The average molecular weight is 479 g/mol. The van der Waals surface area contributed by atoms with Crippen LogP contribution in [0, 0.1) is 5.92 Å². The highest BCUT2D eigenvalue weighted by atomic mass is 32.2. The van der Waals surface area contributed by atoms with Crippen molar-refractivity contribution in [3.63, 3.8) is 0 Å². The number of carbonyl (C=O) groups is 1. The van der Waals surface area contributed by atoms with Crippen molar-refractivity contribution >= 4 is 17.7 Å². The number of aliphatic hydroxyl groups excluding tert-OH is 1. The van der Waals surface area contributed by atoms with Crippen LogP contribution in [0.25, 0.3) is 0 Å². The molecule has 1 aromatic rings. The Bertz CT molecular complexity index is 563. The van der Waals surface area contributed by atoms with Gasteiger partial charge in [0.15, 0.2) is 0 Å². The molecule has 0 bridgehead atoms. The van der Waals surface area contributed by atoms with E-state index in [9.17, 15) is 9.90 Å². The third-order valence-corrected chi connectivity index (χ3v) is 7.52. The van der Waals surface area contributed by atoms with Gasteiger partial charge >= 0.3 is 5.97 Å². The molecule has 190 valence electrons. The Labute approximate surface area is 208 Å². The van der Waals surface area contributed by atoms with Crippen LogP contribution < -0.4 is 0 Å². The van der Waals surface area contributed by atoms with E-state index in [2.05, 4.69) is 6.92 Å². The predicted octanol–water partition coefficient (Wildman–Crippen LogP) is 8.45. The Kier molecular flexibility index (Phi) is 19.6. The molecule has 0 fully saturated rings. The second kappa shape index (κ2) is 21.5. The van der Waals surface area contributed by atoms with Gasteiger partial charge in [0.1, 0.15) is 0 Å². The van der Waals surface area contributed by atoms with Gasteiger partial charge in [-0.1, -0.05) is 109 Å². The number of hydrogen-bond donors (Lipinski definition) is 1. The lowest BCUT2D eigenvalue weighted by Crippen LogP contribution is -2.22. The molecule has 3 nitrogen and oxygen atoms in total. The van der Waals surface area contributed by atoms with E-state index in [1.807, 2.05) is 36.9 Å². The molecule has 33 heavy (non-hydrogen) atoms. The summed E-state index contributed by atoms with van der Waals surface area (Å²) in [5.74, 6) is 1.99. The molecule has 0 heterocycles. The van der Waals surface area contributed by atoms with Crippen LogP contribution in [0.1, 0.15) is 121 Å². The van der Waals surface area contributed by atoms with Crippen LogP contribution in [0.2, 0.25) is 0 Å². The number of benzene rings is 1. The summed E-state index contributed by atoms with van der Waals surface area (Å²) in [4.78, 5) is 12.2. The summed E-state index contributed by atoms with van der Waals surface area (Å²) in [6.07, 6.45) is 20.0. The molecular formula is C29H50O3S. The van der Waals surface area contributed by atoms with Crippen molar-refractivity contribution in [3.05, 3.63) is 35.9 Å². The van der Waals surface area contributed by atoms with E-state index < -0.39 is 0 Å². The summed E-state index contributed by atoms with van der Waals surface area (Å²) >= 11 is 1.93. The van der Waals surface area contributed by atoms with E-state index in [1.54, 1.807) is 12.1 Å². The highest BCUT2D eigenvalue weighted by Gasteiger charge is 2.17. The summed E-state index contributed by atoms with van der Waals surface area (Å²) in [5.41, 5.74) is 0.581. The van der Waals surface area contributed by atoms with Gasteiger partial charge in [-0.15, -0.1) is 0 Å². The van der Waals surface area contributed by atoms with Crippen LogP contribution >= 0.6 is 11.8 Å². The second-order valence-corrected chi connectivity index (χ2v) is 10.7. The Hall–Kier alpha value is -1.00. The van der Waals surface area contributed by atoms with E-state index >= 15 is 0 Å². The van der Waals surface area contributed by atoms with Gasteiger partial charge in [0.2, 0.25) is 0 Å². The largest absolute Gasteiger partial charge is 0.459 e. The third-order valence-electron chi connectivity index (χ3n) is 6.24. The molecule has 0 aliphatic rings. The maximum Gasteiger partial charge on any atom is 0.338 e. The van der Waals surface area contributed by atoms with Crippen molar-refractivity contribution in [3.8, 4) is 0 Å². The lowest BCUT2D eigenvalue weighted by atomic mass is 10.0. The number of esters is 1. The zero-order valence-corrected chi connectivity index (χ0v) is 22.3. The monoisotopic (exact) mass is 478 g/mol. The van der Waals surface area contributed by atoms with E-state index in [-0.39, 0.29) is 24.6 Å². The molecule has 0 saturated carbocycles. The molecule has 0 aliphatic carbocycles. The number of rotatable bonds is 22. The lowest BCUT2D eigenvalue weighted by molar-refractivity contribution is 0.0273. The predicted molar refractivity (Wildman–Crippen MR) is 144 cm³/mol. The number of ether oxygens (including phenoxy) is 1. The van der Waals surface area contributed by atoms with Crippen molar-refractivity contribution in [1.29, 1.82) is 0 Å². The van der Waals surface area contributed by atoms with E-state index in [4.69, 9.17) is 4.74 Å². The Balaban J connectivity index is 1.92. The molecule has 0 saturated heterocycles. The number of carbonyl (C=O) groups excluding carboxylic acids is 1. The summed E-state index contributed by atoms with van der Waals surface area (Å²) < 4.78 is 5.54. The molecule has 0 aromatic heterocycles. The van der Waals surface area contributed by atoms with Gasteiger partial charge in [-0.2, -0.15) is 11.8 Å². The SMILES string of the molecule is CCCCCCCCCCCCCCCCSCC(CO)CC(C)OC(=O)c1ccccc1. The standard InChI is InChI=1S/C29H50O3S/c1-3-4-5-6-7-8-9-10-11-12-13-14-15-19-22-33-25-27(24-30)23-26(2)32-29(31)28-20-17-16-18-21-28/h16-18,20-21,26-27,30H,3-15,19,22-25H2,1-2H3. The molecule has 0 aliphatic heterocycles. The van der Waals surface area contributed by atoms with Crippen molar-refractivity contribution < 1.29 is 14.6 Å². The van der Waals surface area contributed by atoms with Gasteiger partial charge in [0.05, 0.1) is 11.7 Å². The molecule has 0 spiro atoms. The second-order valence-electron chi connectivity index (χ2n) is 9.54. The first-order valence-corrected chi connectivity index (χ1v) is 14.8. The fraction of sp³-hybridized carbons (Fsp3) is 0.759. The molecule has 4 heteroatoms. The Morgan fingerprint density at radius 3 is 1.88 bits per heavy atom. The van der Waals surface area contributed by atoms with Crippen LogP contribution in [-0.4, -0.2) is 35.3 Å². The normalized spacial score (nSPS) is 13.1. The van der Waals surface area contributed by atoms with Gasteiger partial charge in [-0.05, 0) is 49.3 Å². The first-order chi connectivity index (χ1) is 16.2. The number of hydrogen-bond acceptors (Lipinski definition) is 4. The van der Waals surface area contributed by atoms with Crippen LogP contribution in [0.15, 0.2) is 30.3 Å². The number of thioether (sulfide) groups is 1. The van der Waals surface area contributed by atoms with Crippen molar-refractivity contribution in [2.24, 2.45) is 5.92 Å². The highest BCUT2D eigenvalue weighted by Crippen LogP contribution is 2.19. The molecule has 1 rings (SSSR count). The van der Waals surface area contributed by atoms with E-state index in [0.29, 0.717) is 12.0 Å². The topological polar surface area (TPSA) is 46.5 Å². The molecule has 0 radical (unpaired) electrons. The first kappa shape index (κ1) is 30.0. The zero-order chi connectivity index (χ0) is 24.0. The summed E-state index contributed by atoms with van der Waals surface area (Å²) in [6, 6.07) is 9.10. The van der Waals surface area contributed by atoms with Crippen molar-refractivity contribution in [1.82, 2.24) is 0 Å². The van der Waals surface area contributed by atoms with Crippen molar-refractivity contribution in [2.75, 3.05) is 18.1 Å². The van der Waals surface area contributed by atoms with Gasteiger partial charge < -0.3 is 9.84 Å². The maximum absolute atomic E-state index is 12.2. The smallest absolute Gasteiger partial charge is 0.338 e. The van der Waals surface area contributed by atoms with Gasteiger partial charge in [-0.3, -0.25) is 0 Å². The maximum atomic E-state index is 12.2. The number of aliphatic hydroxyl groups is 1. The van der Waals surface area contributed by atoms with E-state index in [1.165, 1.54) is 89.9 Å². The molecule has 2 atom stereocenters. The first-order valence-electron chi connectivity index (χ1n) is 13.6. The molecule has 2 unspecified atom stereocenters. The van der Waals surface area contributed by atoms with Crippen LogP contribution in [0.3, 0.4) is 0 Å². The summed E-state index contributed by atoms with van der Waals surface area (Å²) in [6.45, 7) is 4.35. The highest BCUT2D eigenvalue weighted by molar-refractivity contribution is 7.99. The zero-order valence-electron chi connectivity index (χ0n) is 21.4. The van der Waals surface area contributed by atoms with Gasteiger partial charge in [0.25, 0.3) is 0 Å². The minimum Gasteiger partial charge on any atom is -0.459 e. The minimum atomic E-state index is -0.283. The minimum absolute atomic E-state index is 0.152. The van der Waals surface area contributed by atoms with Gasteiger partial charge in [0, 0.05) is 6.61 Å². The average Bonchev–Trinajstić information content (AvgIpc) is 2.83. The summed E-state index contributed by atoms with van der Waals surface area (Å²) in [5, 5.41) is 9.70. The van der Waals surface area contributed by atoms with Crippen molar-refractivity contribution in [2.45, 2.75) is 116 Å². The molecule has 1 N–H and O–H groups in total. The van der Waals surface area contributed by atoms with E-state index in [0.717, 1.165) is 11.5 Å². The number of unbranched alkanes of at least 4 members (excludes halogenated alkanes) is 13. The Morgan fingerprint density at radius 2 is 1.36 bits per heavy atom. The van der Waals surface area contributed by atoms with Gasteiger partial charge in [-0.25, -0.2) is 4.79 Å². The molecular weight excluding hydrogens is 428 g/mol. The molecule has 1 aromatic carbocycles. The Morgan fingerprint density at radius 1 is 0.848 bits per heavy atom. The van der Waals surface area contributed by atoms with Crippen LogP contribution in [-0.2, 0) is 4.74 Å². The third kappa shape index (κ3) is 17.1. The lowest BCUT2D eigenvalue weighted by Gasteiger charge is -2.19. The fourth-order valence-electron chi connectivity index (χ4n) is 4.19. The quantitative estimate of drug-likeness (QED) is 0.134. The fourth-order valence-corrected chi connectivity index (χ4v) is 5.34. The molecule has 0 amide bonds. The summed E-state index contributed by atoms with van der Waals surface area (Å²) in [7, 11) is 0. The van der Waals surface area contributed by atoms with Crippen LogP contribution in [0.5, 0.6) is 0 Å². The van der Waals surface area contributed by atoms with Crippen LogP contribution in [0.4, 0.5) is 0 Å².